The Morgan fingerprint density at radius 3 is 2.33 bits per heavy atom. The lowest BCUT2D eigenvalue weighted by Crippen LogP contribution is -2.33. The van der Waals surface area contributed by atoms with Crippen molar-refractivity contribution in [1.29, 1.82) is 0 Å². The lowest BCUT2D eigenvalue weighted by atomic mass is 9.61. The number of carboxylic acid groups (broad SMARTS) is 1. The third kappa shape index (κ3) is 3.80. The first-order chi connectivity index (χ1) is 8.33. The van der Waals surface area contributed by atoms with Gasteiger partial charge in [0.25, 0.3) is 0 Å². The highest BCUT2D eigenvalue weighted by molar-refractivity contribution is 6.39. The summed E-state index contributed by atoms with van der Waals surface area (Å²) in [6, 6.07) is 9.28. The molecule has 0 spiro atoms. The fourth-order valence-corrected chi connectivity index (χ4v) is 1.45. The Labute approximate surface area is 107 Å². The van der Waals surface area contributed by atoms with E-state index in [-0.39, 0.29) is 5.57 Å². The predicted octanol–water partition coefficient (Wildman–Crippen LogP) is -0.363. The molecule has 6 heteroatoms. The maximum absolute atomic E-state index is 11.7. The molecule has 0 aromatic heterocycles. The molecule has 0 aliphatic heterocycles. The van der Waals surface area contributed by atoms with Gasteiger partial charge in [0.2, 0.25) is 0 Å². The van der Waals surface area contributed by atoms with Crippen LogP contribution in [0.5, 0.6) is 0 Å². The molecule has 0 atom stereocenters. The van der Waals surface area contributed by atoms with Crippen LogP contribution in [0.1, 0.15) is 12.5 Å². The number of aliphatic carboxylic acids is 1. The molecule has 0 radical (unpaired) electrons. The molecule has 1 aromatic rings. The van der Waals surface area contributed by atoms with E-state index in [1.165, 1.54) is 6.92 Å². The van der Waals surface area contributed by atoms with Crippen molar-refractivity contribution in [3.8, 4) is 0 Å². The molecule has 0 bridgehead atoms. The number of hydrogen-bond acceptors (Lipinski definition) is 3. The van der Waals surface area contributed by atoms with E-state index in [9.17, 15) is 9.59 Å². The fourth-order valence-electron chi connectivity index (χ4n) is 1.45. The van der Waals surface area contributed by atoms with Gasteiger partial charge in [-0.05, 0) is 12.5 Å². The van der Waals surface area contributed by atoms with Gasteiger partial charge in [0, 0.05) is 11.6 Å². The van der Waals surface area contributed by atoms with Crippen molar-refractivity contribution in [1.82, 2.24) is 0 Å². The Balaban J connectivity index is 2.84. The van der Waals surface area contributed by atoms with Crippen LogP contribution in [-0.2, 0) is 19.7 Å². The number of esters is 1. The SMILES string of the molecule is BC(B)(OC(=O)/C(C)=C/C(=O)O)c1ccccc1. The Bertz CT molecular complexity index is 480. The average molecular weight is 244 g/mol. The maximum Gasteiger partial charge on any atom is 0.333 e. The molecule has 0 aliphatic rings. The van der Waals surface area contributed by atoms with Gasteiger partial charge < -0.3 is 9.84 Å². The van der Waals surface area contributed by atoms with Crippen LogP contribution in [-0.4, -0.2) is 32.7 Å². The second-order valence-corrected chi connectivity index (χ2v) is 4.43. The molecule has 4 nitrogen and oxygen atoms in total. The maximum atomic E-state index is 11.7. The van der Waals surface area contributed by atoms with Gasteiger partial charge in [0.1, 0.15) is 0 Å². The molecule has 1 aromatic carbocycles. The van der Waals surface area contributed by atoms with E-state index >= 15 is 0 Å². The number of carbonyl (C=O) groups excluding carboxylic acids is 1. The van der Waals surface area contributed by atoms with Gasteiger partial charge in [-0.2, -0.15) is 0 Å². The Hall–Kier alpha value is -1.97. The standard InChI is InChI=1S/C12H14B2O4/c1-8(7-10(15)16)11(17)18-12(13,14)9-5-3-2-4-6-9/h2-7H,13-14H2,1H3,(H,15,16)/b8-7+. The van der Waals surface area contributed by atoms with Crippen molar-refractivity contribution in [3.05, 3.63) is 47.5 Å². The molecule has 1 N–H and O–H groups in total. The molecular formula is C12H14B2O4. The molecule has 1 rings (SSSR count). The number of ether oxygens (including phenoxy) is 1. The van der Waals surface area contributed by atoms with Crippen molar-refractivity contribution in [2.24, 2.45) is 0 Å². The Morgan fingerprint density at radius 2 is 1.83 bits per heavy atom. The highest BCUT2D eigenvalue weighted by atomic mass is 16.5. The number of rotatable bonds is 4. The van der Waals surface area contributed by atoms with E-state index in [4.69, 9.17) is 9.84 Å². The summed E-state index contributed by atoms with van der Waals surface area (Å²) < 4.78 is 5.32. The van der Waals surface area contributed by atoms with Crippen LogP contribution >= 0.6 is 0 Å². The van der Waals surface area contributed by atoms with Crippen molar-refractivity contribution >= 4 is 27.6 Å². The van der Waals surface area contributed by atoms with Crippen LogP contribution in [0.4, 0.5) is 0 Å². The second kappa shape index (κ2) is 5.58. The van der Waals surface area contributed by atoms with Crippen LogP contribution in [0.25, 0.3) is 0 Å². The normalized spacial score (nSPS) is 11.9. The topological polar surface area (TPSA) is 63.6 Å². The highest BCUT2D eigenvalue weighted by Gasteiger charge is 2.25. The molecule has 0 amide bonds. The second-order valence-electron chi connectivity index (χ2n) is 4.43. The van der Waals surface area contributed by atoms with E-state index in [1.54, 1.807) is 15.7 Å². The van der Waals surface area contributed by atoms with Gasteiger partial charge in [-0.3, -0.25) is 0 Å². The van der Waals surface area contributed by atoms with Crippen molar-refractivity contribution < 1.29 is 19.4 Å². The van der Waals surface area contributed by atoms with E-state index in [1.807, 2.05) is 30.3 Å². The summed E-state index contributed by atoms with van der Waals surface area (Å²) >= 11 is 0. The zero-order valence-corrected chi connectivity index (χ0v) is 10.6. The minimum Gasteiger partial charge on any atom is -0.478 e. The Kier molecular flexibility index (Phi) is 4.37. The van der Waals surface area contributed by atoms with Gasteiger partial charge in [-0.1, -0.05) is 30.3 Å². The van der Waals surface area contributed by atoms with Gasteiger partial charge >= 0.3 is 11.9 Å². The van der Waals surface area contributed by atoms with E-state index in [0.29, 0.717) is 0 Å². The average Bonchev–Trinajstić information content (AvgIpc) is 2.28. The van der Waals surface area contributed by atoms with E-state index in [0.717, 1.165) is 11.6 Å². The van der Waals surface area contributed by atoms with Gasteiger partial charge in [0.15, 0.2) is 15.7 Å². The monoisotopic (exact) mass is 244 g/mol. The van der Waals surface area contributed by atoms with Gasteiger partial charge in [0.05, 0.1) is 5.40 Å². The summed E-state index contributed by atoms with van der Waals surface area (Å²) in [6.45, 7) is 1.41. The van der Waals surface area contributed by atoms with Gasteiger partial charge in [-0.15, -0.1) is 0 Å². The van der Waals surface area contributed by atoms with E-state index in [2.05, 4.69) is 0 Å². The smallest absolute Gasteiger partial charge is 0.333 e. The molecule has 18 heavy (non-hydrogen) atoms. The zero-order chi connectivity index (χ0) is 13.8. The van der Waals surface area contributed by atoms with Crippen molar-refractivity contribution in [2.75, 3.05) is 0 Å². The summed E-state index contributed by atoms with van der Waals surface area (Å²) in [5.74, 6) is -1.80. The summed E-state index contributed by atoms with van der Waals surface area (Å²) in [7, 11) is 3.52. The first-order valence-electron chi connectivity index (χ1n) is 5.53. The molecule has 0 saturated heterocycles. The van der Waals surface area contributed by atoms with E-state index < -0.39 is 17.3 Å². The minimum absolute atomic E-state index is 0.0616. The van der Waals surface area contributed by atoms with Crippen molar-refractivity contribution in [3.63, 3.8) is 0 Å². The lowest BCUT2D eigenvalue weighted by Gasteiger charge is -2.26. The lowest BCUT2D eigenvalue weighted by molar-refractivity contribution is -0.144. The summed E-state index contributed by atoms with van der Waals surface area (Å²) in [5, 5.41) is 7.76. The largest absolute Gasteiger partial charge is 0.478 e. The molecule has 0 heterocycles. The molecule has 92 valence electrons. The summed E-state index contributed by atoms with van der Waals surface area (Å²) in [5.41, 5.74) is 0.910. The minimum atomic E-state index is -1.16. The first kappa shape index (κ1) is 14.1. The van der Waals surface area contributed by atoms with Crippen molar-refractivity contribution in [2.45, 2.75) is 12.3 Å². The third-order valence-corrected chi connectivity index (χ3v) is 2.48. The molecule has 0 unspecified atom stereocenters. The number of benzene rings is 1. The zero-order valence-electron chi connectivity index (χ0n) is 10.6. The number of carbonyl (C=O) groups is 2. The molecule has 0 aliphatic carbocycles. The fraction of sp³-hybridized carbons (Fsp3) is 0.167. The van der Waals surface area contributed by atoms with Crippen LogP contribution in [0.3, 0.4) is 0 Å². The molecule has 0 saturated carbocycles. The van der Waals surface area contributed by atoms with Crippen LogP contribution in [0.2, 0.25) is 0 Å². The highest BCUT2D eigenvalue weighted by Crippen LogP contribution is 2.19. The summed E-state index contributed by atoms with van der Waals surface area (Å²) in [4.78, 5) is 22.2. The third-order valence-electron chi connectivity index (χ3n) is 2.48. The van der Waals surface area contributed by atoms with Crippen LogP contribution < -0.4 is 0 Å². The molecular weight excluding hydrogens is 230 g/mol. The van der Waals surface area contributed by atoms with Crippen LogP contribution in [0, 0.1) is 0 Å². The van der Waals surface area contributed by atoms with Crippen LogP contribution in [0.15, 0.2) is 42.0 Å². The number of carboxylic acids is 1. The number of hydrogen-bond donors (Lipinski definition) is 1. The predicted molar refractivity (Wildman–Crippen MR) is 72.7 cm³/mol. The molecule has 0 fully saturated rings. The van der Waals surface area contributed by atoms with Gasteiger partial charge in [-0.25, -0.2) is 9.59 Å². The first-order valence-corrected chi connectivity index (χ1v) is 5.53. The summed E-state index contributed by atoms with van der Waals surface area (Å²) in [6.07, 6.45) is 0.837. The quantitative estimate of drug-likeness (QED) is 0.446. The Morgan fingerprint density at radius 1 is 1.28 bits per heavy atom.